The first-order valence-corrected chi connectivity index (χ1v) is 7.08. The monoisotopic (exact) mass is 283 g/mol. The van der Waals surface area contributed by atoms with E-state index in [0.717, 1.165) is 6.07 Å². The molecular weight excluding hydrogens is 269 g/mol. The molecule has 102 valence electrons. The number of rotatable bonds is 5. The first-order valence-electron chi connectivity index (χ1n) is 5.59. The van der Waals surface area contributed by atoms with Crippen molar-refractivity contribution in [1.82, 2.24) is 0 Å². The van der Waals surface area contributed by atoms with E-state index in [1.54, 1.807) is 6.92 Å². The van der Waals surface area contributed by atoms with Gasteiger partial charge in [-0.05, 0) is 12.1 Å². The Labute approximate surface area is 113 Å². The topological polar surface area (TPSA) is 67.2 Å². The summed E-state index contributed by atoms with van der Waals surface area (Å²) < 4.78 is 29.9. The molecule has 0 spiro atoms. The lowest BCUT2D eigenvalue weighted by molar-refractivity contribution is -0.144. The van der Waals surface area contributed by atoms with Crippen molar-refractivity contribution in [3.63, 3.8) is 0 Å². The molecule has 0 aromatic heterocycles. The van der Waals surface area contributed by atoms with Crippen LogP contribution in [0.3, 0.4) is 0 Å². The van der Waals surface area contributed by atoms with Gasteiger partial charge in [-0.25, -0.2) is 4.39 Å². The van der Waals surface area contributed by atoms with Crippen molar-refractivity contribution in [2.75, 3.05) is 12.9 Å². The van der Waals surface area contributed by atoms with E-state index in [1.807, 2.05) is 6.07 Å². The SMILES string of the molecule is COC(=O)C(C)CS(=O)Cc1ccc(C#N)cc1F. The lowest BCUT2D eigenvalue weighted by Gasteiger charge is -2.09. The minimum atomic E-state index is -1.37. The molecule has 0 aliphatic heterocycles. The standard InChI is InChI=1S/C13H14FNO3S/c1-9(13(16)18-2)7-19(17)8-11-4-3-10(6-15)5-12(11)14/h3-5,9H,7-8H2,1-2H3. The second kappa shape index (κ2) is 7.00. The van der Waals surface area contributed by atoms with Crippen LogP contribution in [-0.2, 0) is 26.1 Å². The molecule has 0 bridgehead atoms. The van der Waals surface area contributed by atoms with Crippen LogP contribution in [0.5, 0.6) is 0 Å². The molecular formula is C13H14FNO3S. The molecule has 0 N–H and O–H groups in total. The highest BCUT2D eigenvalue weighted by Gasteiger charge is 2.17. The van der Waals surface area contributed by atoms with Crippen LogP contribution in [-0.4, -0.2) is 23.0 Å². The van der Waals surface area contributed by atoms with Gasteiger partial charge in [0.1, 0.15) is 5.82 Å². The fourth-order valence-electron chi connectivity index (χ4n) is 1.51. The third-order valence-corrected chi connectivity index (χ3v) is 4.04. The molecule has 6 heteroatoms. The fourth-order valence-corrected chi connectivity index (χ4v) is 2.91. The maximum Gasteiger partial charge on any atom is 0.309 e. The normalized spacial score (nSPS) is 13.4. The summed E-state index contributed by atoms with van der Waals surface area (Å²) >= 11 is 0. The Bertz CT molecular complexity index is 539. The summed E-state index contributed by atoms with van der Waals surface area (Å²) in [5.41, 5.74) is 0.490. The van der Waals surface area contributed by atoms with Gasteiger partial charge in [-0.3, -0.25) is 9.00 Å². The smallest absolute Gasteiger partial charge is 0.309 e. The van der Waals surface area contributed by atoms with Crippen LogP contribution in [0.25, 0.3) is 0 Å². The minimum Gasteiger partial charge on any atom is -0.469 e. The van der Waals surface area contributed by atoms with Crippen molar-refractivity contribution in [2.24, 2.45) is 5.92 Å². The van der Waals surface area contributed by atoms with Gasteiger partial charge in [0, 0.05) is 22.1 Å². The van der Waals surface area contributed by atoms with E-state index in [-0.39, 0.29) is 22.6 Å². The van der Waals surface area contributed by atoms with E-state index in [0.29, 0.717) is 0 Å². The van der Waals surface area contributed by atoms with Crippen LogP contribution >= 0.6 is 0 Å². The molecule has 4 nitrogen and oxygen atoms in total. The van der Waals surface area contributed by atoms with Crippen molar-refractivity contribution in [2.45, 2.75) is 12.7 Å². The van der Waals surface area contributed by atoms with Crippen LogP contribution in [0.15, 0.2) is 18.2 Å². The number of esters is 1. The largest absolute Gasteiger partial charge is 0.469 e. The number of nitriles is 1. The Morgan fingerprint density at radius 3 is 2.79 bits per heavy atom. The van der Waals surface area contributed by atoms with Crippen LogP contribution in [0.4, 0.5) is 4.39 Å². The summed E-state index contributed by atoms with van der Waals surface area (Å²) in [5.74, 6) is -1.36. The summed E-state index contributed by atoms with van der Waals surface area (Å²) in [6.45, 7) is 1.61. The Morgan fingerprint density at radius 1 is 1.58 bits per heavy atom. The quantitative estimate of drug-likeness (QED) is 0.772. The van der Waals surface area contributed by atoms with E-state index < -0.39 is 28.5 Å². The molecule has 0 heterocycles. The molecule has 1 aromatic rings. The third-order valence-electron chi connectivity index (χ3n) is 2.54. The summed E-state index contributed by atoms with van der Waals surface area (Å²) in [6.07, 6.45) is 0. The van der Waals surface area contributed by atoms with Crippen LogP contribution < -0.4 is 0 Å². The molecule has 1 rings (SSSR count). The van der Waals surface area contributed by atoms with Gasteiger partial charge in [-0.2, -0.15) is 5.26 Å². The number of hydrogen-bond donors (Lipinski definition) is 0. The van der Waals surface area contributed by atoms with Crippen molar-refractivity contribution in [1.29, 1.82) is 5.26 Å². The molecule has 0 saturated carbocycles. The maximum atomic E-state index is 13.6. The second-order valence-corrected chi connectivity index (χ2v) is 5.59. The summed E-state index contributed by atoms with van der Waals surface area (Å²) in [6, 6.07) is 5.84. The Hall–Kier alpha value is -1.74. The average molecular weight is 283 g/mol. The summed E-state index contributed by atoms with van der Waals surface area (Å²) in [7, 11) is -0.0999. The van der Waals surface area contributed by atoms with Crippen LogP contribution in [0.2, 0.25) is 0 Å². The van der Waals surface area contributed by atoms with Crippen LogP contribution in [0, 0.1) is 23.1 Å². The maximum absolute atomic E-state index is 13.6. The molecule has 0 aliphatic carbocycles. The van der Waals surface area contributed by atoms with E-state index in [9.17, 15) is 13.4 Å². The van der Waals surface area contributed by atoms with Gasteiger partial charge >= 0.3 is 5.97 Å². The number of hydrogen-bond acceptors (Lipinski definition) is 4. The van der Waals surface area contributed by atoms with Gasteiger partial charge < -0.3 is 4.74 Å². The predicted molar refractivity (Wildman–Crippen MR) is 69.0 cm³/mol. The number of carbonyl (C=O) groups is 1. The third kappa shape index (κ3) is 4.45. The van der Waals surface area contributed by atoms with E-state index in [2.05, 4.69) is 4.74 Å². The van der Waals surface area contributed by atoms with Gasteiger partial charge in [-0.1, -0.05) is 13.0 Å². The van der Waals surface area contributed by atoms with Gasteiger partial charge in [-0.15, -0.1) is 0 Å². The highest BCUT2D eigenvalue weighted by atomic mass is 32.2. The highest BCUT2D eigenvalue weighted by Crippen LogP contribution is 2.13. The number of nitrogens with zero attached hydrogens (tertiary/aromatic N) is 1. The Kier molecular flexibility index (Phi) is 5.64. The van der Waals surface area contributed by atoms with Gasteiger partial charge in [0.15, 0.2) is 0 Å². The predicted octanol–water partition coefficient (Wildman–Crippen LogP) is 1.76. The first kappa shape index (κ1) is 15.3. The number of halogens is 1. The molecule has 0 radical (unpaired) electrons. The van der Waals surface area contributed by atoms with E-state index in [1.165, 1.54) is 19.2 Å². The van der Waals surface area contributed by atoms with Crippen molar-refractivity contribution in [3.8, 4) is 6.07 Å². The molecule has 0 aliphatic rings. The lowest BCUT2D eigenvalue weighted by atomic mass is 10.1. The van der Waals surface area contributed by atoms with Crippen molar-refractivity contribution < 1.29 is 18.1 Å². The number of carbonyl (C=O) groups excluding carboxylic acids is 1. The number of methoxy groups -OCH3 is 1. The lowest BCUT2D eigenvalue weighted by Crippen LogP contribution is -2.20. The molecule has 2 unspecified atom stereocenters. The Balaban J connectivity index is 2.68. The van der Waals surface area contributed by atoms with Gasteiger partial charge in [0.25, 0.3) is 0 Å². The number of ether oxygens (including phenoxy) is 1. The zero-order chi connectivity index (χ0) is 14.4. The Morgan fingerprint density at radius 2 is 2.26 bits per heavy atom. The minimum absolute atomic E-state index is 0.0128. The van der Waals surface area contributed by atoms with E-state index >= 15 is 0 Å². The highest BCUT2D eigenvalue weighted by molar-refractivity contribution is 7.84. The molecule has 0 saturated heterocycles. The summed E-state index contributed by atoms with van der Waals surface area (Å²) in [4.78, 5) is 11.2. The summed E-state index contributed by atoms with van der Waals surface area (Å²) in [5, 5.41) is 8.61. The molecule has 2 atom stereocenters. The molecule has 1 aromatic carbocycles. The average Bonchev–Trinajstić information content (AvgIpc) is 2.39. The zero-order valence-corrected chi connectivity index (χ0v) is 11.5. The van der Waals surface area contributed by atoms with Gasteiger partial charge in [0.05, 0.1) is 30.4 Å². The molecule has 0 amide bonds. The zero-order valence-electron chi connectivity index (χ0n) is 10.7. The van der Waals surface area contributed by atoms with Crippen LogP contribution in [0.1, 0.15) is 18.1 Å². The van der Waals surface area contributed by atoms with Gasteiger partial charge in [0.2, 0.25) is 0 Å². The van der Waals surface area contributed by atoms with Crippen molar-refractivity contribution >= 4 is 16.8 Å². The first-order chi connectivity index (χ1) is 8.97. The molecule has 19 heavy (non-hydrogen) atoms. The number of benzene rings is 1. The molecule has 0 fully saturated rings. The second-order valence-electron chi connectivity index (χ2n) is 4.09. The van der Waals surface area contributed by atoms with E-state index in [4.69, 9.17) is 5.26 Å². The van der Waals surface area contributed by atoms with Crippen molar-refractivity contribution in [3.05, 3.63) is 35.1 Å². The fraction of sp³-hybridized carbons (Fsp3) is 0.385.